The Kier molecular flexibility index (Phi) is 3.81. The van der Waals surface area contributed by atoms with Gasteiger partial charge in [-0.2, -0.15) is 0 Å². The lowest BCUT2D eigenvalue weighted by atomic mass is 10.2. The predicted molar refractivity (Wildman–Crippen MR) is 46.2 cm³/mol. The highest BCUT2D eigenvalue weighted by Crippen LogP contribution is 2.05. The van der Waals surface area contributed by atoms with E-state index in [1.54, 1.807) is 20.8 Å². The minimum absolute atomic E-state index is 0.479. The van der Waals surface area contributed by atoms with Crippen LogP contribution in [-0.2, 0) is 4.74 Å². The van der Waals surface area contributed by atoms with Crippen LogP contribution in [-0.4, -0.2) is 17.2 Å². The molecule has 0 rings (SSSR count). The summed E-state index contributed by atoms with van der Waals surface area (Å²) in [6.07, 6.45) is -0.543. The van der Waals surface area contributed by atoms with Gasteiger partial charge in [-0.25, -0.2) is 10.2 Å². The quantitative estimate of drug-likeness (QED) is 0.486. The first-order chi connectivity index (χ1) is 4.95. The first-order valence-corrected chi connectivity index (χ1v) is 3.61. The number of carbonyl (C=O) groups is 1. The summed E-state index contributed by atoms with van der Waals surface area (Å²) in [5.41, 5.74) is 5.26. The normalized spacial score (nSPS) is 10.1. The Bertz CT molecular complexity index is 153. The Balaban J connectivity index is 3.61. The number of carbonyl (C=O) groups excluding carboxylic acids is 1. The summed E-state index contributed by atoms with van der Waals surface area (Å²) in [4.78, 5) is 10.8. The molecule has 0 aromatic rings. The van der Waals surface area contributed by atoms with Crippen molar-refractivity contribution in [3.8, 4) is 0 Å². The number of amides is 1. The van der Waals surface area contributed by atoms with E-state index in [-0.39, 0.29) is 0 Å². The molecule has 0 unspecified atom stereocenters. The van der Waals surface area contributed by atoms with E-state index in [2.05, 4.69) is 23.1 Å². The second-order valence-corrected chi connectivity index (χ2v) is 3.12. The molecule has 0 bridgehead atoms. The minimum atomic E-state index is -0.543. The molecule has 0 aromatic carbocycles. The van der Waals surface area contributed by atoms with Crippen LogP contribution in [0.15, 0.2) is 0 Å². The summed E-state index contributed by atoms with van der Waals surface area (Å²) in [6.45, 7) is 5.35. The predicted octanol–water partition coefficient (Wildman–Crippen LogP) is 0.973. The van der Waals surface area contributed by atoms with Crippen molar-refractivity contribution >= 4 is 23.8 Å². The number of hydrogen-bond acceptors (Lipinski definition) is 3. The Hall–Kier alpha value is -0.840. The summed E-state index contributed by atoms with van der Waals surface area (Å²) < 4.78 is 4.86. The molecule has 0 spiro atoms. The molecule has 2 N–H and O–H groups in total. The maximum atomic E-state index is 10.8. The monoisotopic (exact) mass is 176 g/mol. The molecule has 0 aromatic heterocycles. The molecule has 0 aliphatic carbocycles. The van der Waals surface area contributed by atoms with E-state index in [1.807, 2.05) is 0 Å². The lowest BCUT2D eigenvalue weighted by Gasteiger charge is -2.19. The van der Waals surface area contributed by atoms with E-state index < -0.39 is 11.7 Å². The van der Waals surface area contributed by atoms with Gasteiger partial charge in [0.2, 0.25) is 0 Å². The molecule has 1 amide bonds. The van der Waals surface area contributed by atoms with Crippen LogP contribution in [0.4, 0.5) is 4.79 Å². The van der Waals surface area contributed by atoms with E-state index in [4.69, 9.17) is 4.74 Å². The fourth-order valence-electron chi connectivity index (χ4n) is 0.392. The average molecular weight is 176 g/mol. The van der Waals surface area contributed by atoms with Crippen molar-refractivity contribution in [2.45, 2.75) is 26.4 Å². The summed E-state index contributed by atoms with van der Waals surface area (Å²) in [7, 11) is 0. The first-order valence-electron chi connectivity index (χ1n) is 3.14. The molecule has 0 saturated carbocycles. The summed E-state index contributed by atoms with van der Waals surface area (Å²) in [5.74, 6) is 0. The largest absolute Gasteiger partial charge is 0.443 e. The fraction of sp³-hybridized carbons (Fsp3) is 0.667. The zero-order valence-corrected chi connectivity index (χ0v) is 7.62. The molecular formula is C6H12N2O2S. The molecule has 5 heteroatoms. The number of thiocarbonyl (C=S) groups is 1. The van der Waals surface area contributed by atoms with Crippen molar-refractivity contribution in [2.24, 2.45) is 0 Å². The van der Waals surface area contributed by atoms with E-state index >= 15 is 0 Å². The van der Waals surface area contributed by atoms with Crippen molar-refractivity contribution in [1.29, 1.82) is 0 Å². The minimum Gasteiger partial charge on any atom is -0.443 e. The van der Waals surface area contributed by atoms with Crippen molar-refractivity contribution < 1.29 is 9.53 Å². The van der Waals surface area contributed by atoms with Crippen LogP contribution < -0.4 is 10.9 Å². The molecule has 0 fully saturated rings. The molecular weight excluding hydrogens is 164 g/mol. The highest BCUT2D eigenvalue weighted by Gasteiger charge is 2.14. The third-order valence-corrected chi connectivity index (χ3v) is 0.750. The lowest BCUT2D eigenvalue weighted by molar-refractivity contribution is 0.0514. The maximum Gasteiger partial charge on any atom is 0.426 e. The third kappa shape index (κ3) is 7.05. The number of hydrazine groups is 1. The lowest BCUT2D eigenvalue weighted by Crippen LogP contribution is -2.40. The molecule has 0 aliphatic rings. The number of nitrogens with one attached hydrogen (secondary N) is 2. The number of rotatable bonds is 2. The van der Waals surface area contributed by atoms with Crippen molar-refractivity contribution in [3.05, 3.63) is 0 Å². The van der Waals surface area contributed by atoms with Gasteiger partial charge in [-0.05, 0) is 20.8 Å². The van der Waals surface area contributed by atoms with Gasteiger partial charge >= 0.3 is 6.09 Å². The van der Waals surface area contributed by atoms with E-state index in [0.29, 0.717) is 0 Å². The molecule has 0 heterocycles. The Morgan fingerprint density at radius 2 is 2.09 bits per heavy atom. The SMILES string of the molecule is CC(C)(C)OC(=O)NNC=S. The smallest absolute Gasteiger partial charge is 0.426 e. The summed E-state index contributed by atoms with van der Waals surface area (Å²) in [5, 5.41) is 0. The highest BCUT2D eigenvalue weighted by molar-refractivity contribution is 7.78. The van der Waals surface area contributed by atoms with Crippen LogP contribution in [0, 0.1) is 0 Å². The van der Waals surface area contributed by atoms with Gasteiger partial charge in [0.25, 0.3) is 0 Å². The third-order valence-electron chi connectivity index (χ3n) is 0.632. The number of hydrogen-bond donors (Lipinski definition) is 2. The zero-order valence-electron chi connectivity index (χ0n) is 6.80. The summed E-state index contributed by atoms with van der Waals surface area (Å²) >= 11 is 4.41. The molecule has 4 nitrogen and oxygen atoms in total. The Morgan fingerprint density at radius 3 is 2.45 bits per heavy atom. The van der Waals surface area contributed by atoms with Crippen molar-refractivity contribution in [2.75, 3.05) is 0 Å². The first kappa shape index (κ1) is 10.2. The van der Waals surface area contributed by atoms with Gasteiger partial charge in [0.05, 0.1) is 5.49 Å². The van der Waals surface area contributed by atoms with Gasteiger partial charge in [-0.3, -0.25) is 5.43 Å². The highest BCUT2D eigenvalue weighted by atomic mass is 32.1. The van der Waals surface area contributed by atoms with E-state index in [0.717, 1.165) is 0 Å². The Morgan fingerprint density at radius 1 is 1.55 bits per heavy atom. The van der Waals surface area contributed by atoms with Gasteiger partial charge in [-0.15, -0.1) is 0 Å². The van der Waals surface area contributed by atoms with Crippen LogP contribution >= 0.6 is 12.2 Å². The van der Waals surface area contributed by atoms with Crippen LogP contribution in [0.3, 0.4) is 0 Å². The van der Waals surface area contributed by atoms with Crippen molar-refractivity contribution in [1.82, 2.24) is 10.9 Å². The molecule has 11 heavy (non-hydrogen) atoms. The molecule has 0 atom stereocenters. The van der Waals surface area contributed by atoms with Crippen LogP contribution in [0.5, 0.6) is 0 Å². The van der Waals surface area contributed by atoms with Crippen LogP contribution in [0.1, 0.15) is 20.8 Å². The van der Waals surface area contributed by atoms with Gasteiger partial charge < -0.3 is 4.74 Å². The maximum absolute atomic E-state index is 10.8. The average Bonchev–Trinajstić information content (AvgIpc) is 1.79. The molecule has 0 radical (unpaired) electrons. The summed E-state index contributed by atoms with van der Waals surface area (Å²) in [6, 6.07) is 0. The van der Waals surface area contributed by atoms with Gasteiger partial charge in [-0.1, -0.05) is 12.2 Å². The number of ether oxygens (including phenoxy) is 1. The zero-order chi connectivity index (χ0) is 8.91. The van der Waals surface area contributed by atoms with Crippen molar-refractivity contribution in [3.63, 3.8) is 0 Å². The fourth-order valence-corrected chi connectivity index (χ4v) is 0.451. The second-order valence-electron chi connectivity index (χ2n) is 2.89. The standard InChI is InChI=1S/C6H12N2O2S/c1-6(2,3)10-5(9)8-7-4-11/h4H,1-3H3,(H,7,11)(H,8,9). The van der Waals surface area contributed by atoms with Gasteiger partial charge in [0, 0.05) is 0 Å². The van der Waals surface area contributed by atoms with E-state index in [1.165, 1.54) is 5.49 Å². The van der Waals surface area contributed by atoms with Gasteiger partial charge in [0.15, 0.2) is 0 Å². The second kappa shape index (κ2) is 4.12. The molecule has 64 valence electrons. The van der Waals surface area contributed by atoms with Crippen LogP contribution in [0.2, 0.25) is 0 Å². The topological polar surface area (TPSA) is 50.4 Å². The van der Waals surface area contributed by atoms with E-state index in [9.17, 15) is 4.79 Å². The Labute approximate surface area is 71.3 Å². The van der Waals surface area contributed by atoms with Gasteiger partial charge in [0.1, 0.15) is 5.60 Å². The molecule has 0 aliphatic heterocycles. The molecule has 0 saturated heterocycles. The van der Waals surface area contributed by atoms with Crippen LogP contribution in [0.25, 0.3) is 0 Å².